The van der Waals surface area contributed by atoms with E-state index in [0.717, 1.165) is 29.2 Å². The first kappa shape index (κ1) is 23.9. The van der Waals surface area contributed by atoms with E-state index in [9.17, 15) is 18.0 Å². The highest BCUT2D eigenvalue weighted by Crippen LogP contribution is 2.32. The van der Waals surface area contributed by atoms with Crippen molar-refractivity contribution in [3.05, 3.63) is 71.8 Å². The third-order valence-corrected chi connectivity index (χ3v) is 8.12. The Morgan fingerprint density at radius 2 is 1.56 bits per heavy atom. The van der Waals surface area contributed by atoms with Crippen LogP contribution in [0.25, 0.3) is 10.8 Å². The fourth-order valence-corrected chi connectivity index (χ4v) is 5.34. The largest absolute Gasteiger partial charge is 0.348 e. The van der Waals surface area contributed by atoms with Crippen LogP contribution in [0.2, 0.25) is 0 Å². The lowest BCUT2D eigenvalue weighted by molar-refractivity contribution is -0.117. The lowest BCUT2D eigenvalue weighted by atomic mass is 10.0. The normalized spacial score (nSPS) is 13.7. The van der Waals surface area contributed by atoms with Crippen LogP contribution in [0.1, 0.15) is 42.6 Å². The molecule has 0 aliphatic heterocycles. The summed E-state index contributed by atoms with van der Waals surface area (Å²) in [5.41, 5.74) is 1.67. The first-order chi connectivity index (χ1) is 16.3. The molecule has 0 aromatic heterocycles. The number of rotatable bonds is 9. The van der Waals surface area contributed by atoms with Crippen molar-refractivity contribution < 1.29 is 18.0 Å². The highest BCUT2D eigenvalue weighted by atomic mass is 32.2. The van der Waals surface area contributed by atoms with E-state index < -0.39 is 10.0 Å². The number of nitrogens with zero attached hydrogens (tertiary/aromatic N) is 1. The average molecular weight is 480 g/mol. The van der Waals surface area contributed by atoms with Crippen molar-refractivity contribution in [2.45, 2.75) is 38.1 Å². The van der Waals surface area contributed by atoms with Gasteiger partial charge in [-0.15, -0.1) is 0 Å². The van der Waals surface area contributed by atoms with Crippen LogP contribution in [0.5, 0.6) is 0 Å². The molecule has 0 atom stereocenters. The average Bonchev–Trinajstić information content (AvgIpc) is 3.69. The van der Waals surface area contributed by atoms with E-state index in [-0.39, 0.29) is 29.2 Å². The number of hydrogen-bond donors (Lipinski definition) is 2. The van der Waals surface area contributed by atoms with Gasteiger partial charge in [0.05, 0.1) is 16.1 Å². The summed E-state index contributed by atoms with van der Waals surface area (Å²) in [5, 5.41) is 7.66. The molecule has 1 aliphatic carbocycles. The number of hydrogen-bond acceptors (Lipinski definition) is 4. The Bertz CT molecular complexity index is 1310. The second-order valence-corrected chi connectivity index (χ2v) is 10.4. The topological polar surface area (TPSA) is 95.6 Å². The van der Waals surface area contributed by atoms with Gasteiger partial charge in [0.1, 0.15) is 0 Å². The van der Waals surface area contributed by atoms with Crippen LogP contribution in [0.15, 0.2) is 65.6 Å². The Hall–Kier alpha value is -3.23. The van der Waals surface area contributed by atoms with Gasteiger partial charge in [-0.25, -0.2) is 8.42 Å². The minimum absolute atomic E-state index is 0.0218. The summed E-state index contributed by atoms with van der Waals surface area (Å²) in [6.07, 6.45) is 1.75. The van der Waals surface area contributed by atoms with Crippen LogP contribution in [0.4, 0.5) is 5.69 Å². The minimum atomic E-state index is -3.53. The SMILES string of the molecule is CCN(CC)S(=O)(=O)c1ccc(CNC(=O)c2cc3ccccc3cc2NC(=O)C2CC2)cc1. The summed E-state index contributed by atoms with van der Waals surface area (Å²) in [6, 6.07) is 17.8. The highest BCUT2D eigenvalue weighted by molar-refractivity contribution is 7.89. The molecule has 0 heterocycles. The van der Waals surface area contributed by atoms with Gasteiger partial charge < -0.3 is 10.6 Å². The number of fused-ring (bicyclic) bond motifs is 1. The van der Waals surface area contributed by atoms with Gasteiger partial charge in [0, 0.05) is 25.6 Å². The number of carbonyl (C=O) groups is 2. The van der Waals surface area contributed by atoms with Gasteiger partial charge in [-0.2, -0.15) is 4.31 Å². The number of anilines is 1. The fraction of sp³-hybridized carbons (Fsp3) is 0.308. The van der Waals surface area contributed by atoms with Crippen LogP contribution in [0.3, 0.4) is 0 Å². The fourth-order valence-electron chi connectivity index (χ4n) is 3.88. The summed E-state index contributed by atoms with van der Waals surface area (Å²) in [6.45, 7) is 4.65. The third kappa shape index (κ3) is 5.13. The van der Waals surface area contributed by atoms with Gasteiger partial charge >= 0.3 is 0 Å². The van der Waals surface area contributed by atoms with Gasteiger partial charge in [0.15, 0.2) is 0 Å². The van der Waals surface area contributed by atoms with Gasteiger partial charge in [0.2, 0.25) is 15.9 Å². The second-order valence-electron chi connectivity index (χ2n) is 8.42. The van der Waals surface area contributed by atoms with Gasteiger partial charge in [-0.05, 0) is 53.4 Å². The first-order valence-electron chi connectivity index (χ1n) is 11.5. The lowest BCUT2D eigenvalue weighted by Gasteiger charge is -2.18. The van der Waals surface area contributed by atoms with Crippen molar-refractivity contribution in [2.75, 3.05) is 18.4 Å². The molecule has 0 saturated heterocycles. The minimum Gasteiger partial charge on any atom is -0.348 e. The Balaban J connectivity index is 1.51. The molecule has 8 heteroatoms. The van der Waals surface area contributed by atoms with Gasteiger partial charge in [-0.1, -0.05) is 50.2 Å². The molecule has 4 rings (SSSR count). The zero-order chi connectivity index (χ0) is 24.3. The number of benzene rings is 3. The lowest BCUT2D eigenvalue weighted by Crippen LogP contribution is -2.30. The third-order valence-electron chi connectivity index (χ3n) is 6.06. The van der Waals surface area contributed by atoms with Gasteiger partial charge in [0.25, 0.3) is 5.91 Å². The Morgan fingerprint density at radius 3 is 2.15 bits per heavy atom. The van der Waals surface area contributed by atoms with Crippen molar-refractivity contribution in [3.63, 3.8) is 0 Å². The van der Waals surface area contributed by atoms with Crippen LogP contribution in [-0.4, -0.2) is 37.6 Å². The molecule has 34 heavy (non-hydrogen) atoms. The quantitative estimate of drug-likeness (QED) is 0.482. The summed E-state index contributed by atoms with van der Waals surface area (Å²) in [7, 11) is -3.53. The summed E-state index contributed by atoms with van der Waals surface area (Å²) in [5.74, 6) is -0.348. The molecular weight excluding hydrogens is 450 g/mol. The predicted octanol–water partition coefficient (Wildman–Crippen LogP) is 4.15. The molecule has 0 radical (unpaired) electrons. The van der Waals surface area contributed by atoms with Crippen molar-refractivity contribution in [1.29, 1.82) is 0 Å². The molecule has 0 unspecified atom stereocenters. The van der Waals surface area contributed by atoms with Crippen molar-refractivity contribution >= 4 is 38.3 Å². The first-order valence-corrected chi connectivity index (χ1v) is 13.0. The highest BCUT2D eigenvalue weighted by Gasteiger charge is 2.30. The maximum absolute atomic E-state index is 13.1. The van der Waals surface area contributed by atoms with Crippen molar-refractivity contribution in [2.24, 2.45) is 5.92 Å². The van der Waals surface area contributed by atoms with E-state index in [0.29, 0.717) is 24.3 Å². The van der Waals surface area contributed by atoms with Crippen LogP contribution < -0.4 is 10.6 Å². The van der Waals surface area contributed by atoms with E-state index in [1.807, 2.05) is 30.3 Å². The number of amides is 2. The molecule has 2 N–H and O–H groups in total. The molecular formula is C26H29N3O4S. The zero-order valence-corrected chi connectivity index (χ0v) is 20.2. The summed E-state index contributed by atoms with van der Waals surface area (Å²) < 4.78 is 26.7. The Morgan fingerprint density at radius 1 is 0.941 bits per heavy atom. The molecule has 3 aromatic carbocycles. The van der Waals surface area contributed by atoms with E-state index in [1.54, 1.807) is 44.2 Å². The molecule has 3 aromatic rings. The smallest absolute Gasteiger partial charge is 0.253 e. The molecule has 7 nitrogen and oxygen atoms in total. The Labute approximate surface area is 200 Å². The second kappa shape index (κ2) is 9.95. The Kier molecular flexibility index (Phi) is 7.00. The number of carbonyl (C=O) groups excluding carboxylic acids is 2. The zero-order valence-electron chi connectivity index (χ0n) is 19.4. The molecule has 1 aliphatic rings. The monoisotopic (exact) mass is 479 g/mol. The maximum atomic E-state index is 13.1. The molecule has 1 saturated carbocycles. The van der Waals surface area contributed by atoms with Crippen molar-refractivity contribution in [3.8, 4) is 0 Å². The number of sulfonamides is 1. The van der Waals surface area contributed by atoms with Crippen molar-refractivity contribution in [1.82, 2.24) is 9.62 Å². The molecule has 2 amide bonds. The summed E-state index contributed by atoms with van der Waals surface area (Å²) >= 11 is 0. The molecule has 1 fully saturated rings. The molecule has 178 valence electrons. The van der Waals surface area contributed by atoms with E-state index >= 15 is 0 Å². The maximum Gasteiger partial charge on any atom is 0.253 e. The van der Waals surface area contributed by atoms with Crippen LogP contribution >= 0.6 is 0 Å². The van der Waals surface area contributed by atoms with Crippen LogP contribution in [-0.2, 0) is 21.4 Å². The van der Waals surface area contributed by atoms with Crippen LogP contribution in [0, 0.1) is 5.92 Å². The molecule has 0 spiro atoms. The van der Waals surface area contributed by atoms with E-state index in [1.165, 1.54) is 4.31 Å². The van der Waals surface area contributed by atoms with E-state index in [2.05, 4.69) is 10.6 Å². The number of nitrogens with one attached hydrogen (secondary N) is 2. The molecule has 0 bridgehead atoms. The van der Waals surface area contributed by atoms with Gasteiger partial charge in [-0.3, -0.25) is 9.59 Å². The van der Waals surface area contributed by atoms with E-state index in [4.69, 9.17) is 0 Å². The predicted molar refractivity (Wildman–Crippen MR) is 133 cm³/mol. The summed E-state index contributed by atoms with van der Waals surface area (Å²) in [4.78, 5) is 25.7. The standard InChI is InChI=1S/C26H29N3O4S/c1-3-29(4-2)34(32,33)22-13-9-18(10-14-22)17-27-26(31)23-15-20-7-5-6-8-21(20)16-24(23)28-25(30)19-11-12-19/h5-10,13-16,19H,3-4,11-12,17H2,1-2H3,(H,27,31)(H,28,30).